The molecule has 0 aliphatic carbocycles. The SMILES string of the molecule is CN(C[C@H]1CN(C(=O)N2CCN(S(C)(=O)=O)CC2)CC1c1ccc(Cl)c(Cl)c1)c1ccc(C(F)(F)F)cn1. The molecular formula is C24H28Cl2F3N5O3S. The molecule has 0 bridgehead atoms. The van der Waals surface area contributed by atoms with Crippen molar-refractivity contribution in [2.45, 2.75) is 12.1 Å². The number of carbonyl (C=O) groups excluding carboxylic acids is 1. The first kappa shape index (κ1) is 28.7. The van der Waals surface area contributed by atoms with Gasteiger partial charge in [-0.2, -0.15) is 17.5 Å². The Balaban J connectivity index is 1.51. The molecular weight excluding hydrogens is 566 g/mol. The van der Waals surface area contributed by atoms with Gasteiger partial charge in [0.05, 0.1) is 21.9 Å². The number of piperazine rings is 1. The summed E-state index contributed by atoms with van der Waals surface area (Å²) < 4.78 is 63.9. The van der Waals surface area contributed by atoms with Crippen LogP contribution in [-0.4, -0.2) is 92.7 Å². The molecule has 2 aliphatic rings. The first-order valence-corrected chi connectivity index (χ1v) is 14.5. The number of likely N-dealkylation sites (tertiary alicyclic amines) is 1. The molecule has 3 heterocycles. The molecule has 4 rings (SSSR count). The van der Waals surface area contributed by atoms with Gasteiger partial charge in [-0.05, 0) is 29.8 Å². The number of sulfonamides is 1. The van der Waals surface area contributed by atoms with Crippen molar-refractivity contribution in [3.8, 4) is 0 Å². The molecule has 1 unspecified atom stereocenters. The van der Waals surface area contributed by atoms with Gasteiger partial charge in [-0.25, -0.2) is 18.2 Å². The molecule has 14 heteroatoms. The number of hydrogen-bond acceptors (Lipinski definition) is 5. The molecule has 8 nitrogen and oxygen atoms in total. The van der Waals surface area contributed by atoms with Crippen molar-refractivity contribution >= 4 is 45.1 Å². The maximum absolute atomic E-state index is 13.4. The maximum atomic E-state index is 13.4. The summed E-state index contributed by atoms with van der Waals surface area (Å²) in [6.45, 7) is 2.29. The number of halogens is 5. The Morgan fingerprint density at radius 3 is 2.29 bits per heavy atom. The lowest BCUT2D eigenvalue weighted by Crippen LogP contribution is -2.53. The monoisotopic (exact) mass is 593 g/mol. The van der Waals surface area contributed by atoms with E-state index in [-0.39, 0.29) is 31.0 Å². The van der Waals surface area contributed by atoms with Crippen molar-refractivity contribution in [1.82, 2.24) is 19.1 Å². The minimum Gasteiger partial charge on any atom is -0.359 e. The van der Waals surface area contributed by atoms with Gasteiger partial charge in [0, 0.05) is 70.9 Å². The average Bonchev–Trinajstić information content (AvgIpc) is 3.28. The standard InChI is InChI=1S/C24H28Cl2F3N5O3S/c1-31(22-6-4-18(12-30-22)24(27,28)29)13-17-14-33(15-19(17)16-3-5-20(25)21(26)11-16)23(35)32-7-9-34(10-8-32)38(2,36)37/h3-6,11-12,17,19H,7-10,13-15H2,1-2H3/t17-,19?/m0/s1. The van der Waals surface area contributed by atoms with Crippen molar-refractivity contribution < 1.29 is 26.4 Å². The largest absolute Gasteiger partial charge is 0.417 e. The van der Waals surface area contributed by atoms with E-state index in [1.165, 1.54) is 10.4 Å². The van der Waals surface area contributed by atoms with E-state index in [9.17, 15) is 26.4 Å². The van der Waals surface area contributed by atoms with Crippen LogP contribution in [0.3, 0.4) is 0 Å². The zero-order chi connectivity index (χ0) is 27.8. The second-order valence-electron chi connectivity index (χ2n) is 9.66. The fourth-order valence-corrected chi connectivity index (χ4v) is 6.10. The van der Waals surface area contributed by atoms with Crippen LogP contribution in [0.25, 0.3) is 0 Å². The zero-order valence-corrected chi connectivity index (χ0v) is 23.2. The smallest absolute Gasteiger partial charge is 0.359 e. The van der Waals surface area contributed by atoms with E-state index in [0.717, 1.165) is 24.1 Å². The molecule has 0 saturated carbocycles. The molecule has 2 aliphatic heterocycles. The predicted octanol–water partition coefficient (Wildman–Crippen LogP) is 4.26. The molecule has 2 aromatic rings. The van der Waals surface area contributed by atoms with Crippen LogP contribution in [0.2, 0.25) is 10.0 Å². The summed E-state index contributed by atoms with van der Waals surface area (Å²) in [5, 5.41) is 0.801. The Morgan fingerprint density at radius 2 is 1.74 bits per heavy atom. The van der Waals surface area contributed by atoms with Crippen molar-refractivity contribution in [2.75, 3.05) is 64.0 Å². The summed E-state index contributed by atoms with van der Waals surface area (Å²) in [5.41, 5.74) is 0.0762. The summed E-state index contributed by atoms with van der Waals surface area (Å²) in [4.78, 5) is 22.5. The number of urea groups is 1. The lowest BCUT2D eigenvalue weighted by Gasteiger charge is -2.35. The quantitative estimate of drug-likeness (QED) is 0.518. The summed E-state index contributed by atoms with van der Waals surface area (Å²) in [6.07, 6.45) is -2.51. The molecule has 2 fully saturated rings. The molecule has 1 aromatic carbocycles. The van der Waals surface area contributed by atoms with Crippen molar-refractivity contribution in [2.24, 2.45) is 5.92 Å². The molecule has 0 radical (unpaired) electrons. The van der Waals surface area contributed by atoms with Crippen molar-refractivity contribution in [3.05, 3.63) is 57.7 Å². The Kier molecular flexibility index (Phi) is 8.37. The summed E-state index contributed by atoms with van der Waals surface area (Å²) in [6, 6.07) is 7.48. The van der Waals surface area contributed by atoms with Gasteiger partial charge in [0.2, 0.25) is 10.0 Å². The highest BCUT2D eigenvalue weighted by Crippen LogP contribution is 2.37. The van der Waals surface area contributed by atoms with E-state index in [2.05, 4.69) is 4.98 Å². The van der Waals surface area contributed by atoms with Gasteiger partial charge in [0.1, 0.15) is 5.82 Å². The Bertz CT molecular complexity index is 1270. The highest BCUT2D eigenvalue weighted by molar-refractivity contribution is 7.88. The minimum atomic E-state index is -4.47. The summed E-state index contributed by atoms with van der Waals surface area (Å²) >= 11 is 12.4. The second-order valence-corrected chi connectivity index (χ2v) is 12.5. The zero-order valence-electron chi connectivity index (χ0n) is 20.8. The van der Waals surface area contributed by atoms with Gasteiger partial charge in [-0.1, -0.05) is 29.3 Å². The number of carbonyl (C=O) groups is 1. The van der Waals surface area contributed by atoms with Crippen molar-refractivity contribution in [3.63, 3.8) is 0 Å². The number of benzene rings is 1. The van der Waals surface area contributed by atoms with E-state index in [0.29, 0.717) is 48.6 Å². The fourth-order valence-electron chi connectivity index (χ4n) is 4.97. The molecule has 208 valence electrons. The van der Waals surface area contributed by atoms with Gasteiger partial charge in [0.15, 0.2) is 0 Å². The van der Waals surface area contributed by atoms with Crippen LogP contribution >= 0.6 is 23.2 Å². The Morgan fingerprint density at radius 1 is 1.05 bits per heavy atom. The number of nitrogens with zero attached hydrogens (tertiary/aromatic N) is 5. The van der Waals surface area contributed by atoms with E-state index >= 15 is 0 Å². The van der Waals surface area contributed by atoms with Crippen LogP contribution in [-0.2, 0) is 16.2 Å². The number of amides is 2. The molecule has 2 saturated heterocycles. The van der Waals surface area contributed by atoms with Gasteiger partial charge in [0.25, 0.3) is 0 Å². The molecule has 0 spiro atoms. The lowest BCUT2D eigenvalue weighted by atomic mass is 9.88. The minimum absolute atomic E-state index is 0.0809. The topological polar surface area (TPSA) is 77.1 Å². The van der Waals surface area contributed by atoms with E-state index in [1.54, 1.807) is 33.9 Å². The van der Waals surface area contributed by atoms with Gasteiger partial charge >= 0.3 is 12.2 Å². The summed E-state index contributed by atoms with van der Waals surface area (Å²) in [7, 11) is -1.57. The fraction of sp³-hybridized carbons (Fsp3) is 0.500. The Labute approximate surface area is 230 Å². The third-order valence-corrected chi connectivity index (χ3v) is 9.08. The van der Waals surface area contributed by atoms with E-state index in [4.69, 9.17) is 23.2 Å². The van der Waals surface area contributed by atoms with Crippen LogP contribution in [0.4, 0.5) is 23.8 Å². The molecule has 1 aromatic heterocycles. The van der Waals surface area contributed by atoms with E-state index in [1.807, 2.05) is 6.07 Å². The Hall–Kier alpha value is -2.28. The number of anilines is 1. The predicted molar refractivity (Wildman–Crippen MR) is 140 cm³/mol. The maximum Gasteiger partial charge on any atom is 0.417 e. The molecule has 0 N–H and O–H groups in total. The first-order chi connectivity index (χ1) is 17.7. The third kappa shape index (κ3) is 6.47. The lowest BCUT2D eigenvalue weighted by molar-refractivity contribution is -0.137. The van der Waals surface area contributed by atoms with Crippen LogP contribution in [0.1, 0.15) is 17.0 Å². The average molecular weight is 594 g/mol. The van der Waals surface area contributed by atoms with Gasteiger partial charge < -0.3 is 14.7 Å². The molecule has 2 atom stereocenters. The number of hydrogen-bond donors (Lipinski definition) is 0. The number of pyridine rings is 1. The van der Waals surface area contributed by atoms with E-state index < -0.39 is 21.8 Å². The van der Waals surface area contributed by atoms with Gasteiger partial charge in [-0.3, -0.25) is 0 Å². The number of alkyl halides is 3. The van der Waals surface area contributed by atoms with Gasteiger partial charge in [-0.15, -0.1) is 0 Å². The normalized spacial score (nSPS) is 21.1. The molecule has 2 amide bonds. The highest BCUT2D eigenvalue weighted by Gasteiger charge is 2.39. The molecule has 38 heavy (non-hydrogen) atoms. The summed E-state index contributed by atoms with van der Waals surface area (Å²) in [5.74, 6) is 0.193. The van der Waals surface area contributed by atoms with Crippen LogP contribution < -0.4 is 4.90 Å². The number of rotatable bonds is 5. The highest BCUT2D eigenvalue weighted by atomic mass is 35.5. The number of aromatic nitrogens is 1. The van der Waals surface area contributed by atoms with Crippen LogP contribution in [0.15, 0.2) is 36.5 Å². The first-order valence-electron chi connectivity index (χ1n) is 11.9. The van der Waals surface area contributed by atoms with Crippen LogP contribution in [0.5, 0.6) is 0 Å². The van der Waals surface area contributed by atoms with Crippen molar-refractivity contribution in [1.29, 1.82) is 0 Å². The van der Waals surface area contributed by atoms with Crippen LogP contribution in [0, 0.1) is 5.92 Å². The third-order valence-electron chi connectivity index (χ3n) is 7.04. The second kappa shape index (κ2) is 11.1.